The zero-order chi connectivity index (χ0) is 13.7. The molecule has 1 aromatic rings. The minimum Gasteiger partial charge on any atom is -0.370 e. The topological polar surface area (TPSA) is 64.8 Å². The molecule has 0 radical (unpaired) electrons. The predicted octanol–water partition coefficient (Wildman–Crippen LogP) is 2.35. The van der Waals surface area contributed by atoms with Crippen LogP contribution < -0.4 is 10.2 Å². The van der Waals surface area contributed by atoms with Gasteiger partial charge in [-0.05, 0) is 26.2 Å². The quantitative estimate of drug-likeness (QED) is 0.899. The zero-order valence-electron chi connectivity index (χ0n) is 11.7. The lowest BCUT2D eigenvalue weighted by Gasteiger charge is -2.30. The van der Waals surface area contributed by atoms with Crippen LogP contribution >= 0.6 is 0 Å². The van der Waals surface area contributed by atoms with Gasteiger partial charge in [-0.1, -0.05) is 6.92 Å². The molecule has 0 spiro atoms. The van der Waals surface area contributed by atoms with E-state index in [1.807, 2.05) is 13.0 Å². The number of aromatic nitrogens is 2. The van der Waals surface area contributed by atoms with Gasteiger partial charge < -0.3 is 10.2 Å². The summed E-state index contributed by atoms with van der Waals surface area (Å²) in [6.45, 7) is 6.79. The summed E-state index contributed by atoms with van der Waals surface area (Å²) in [6, 6.07) is 4.36. The first kappa shape index (κ1) is 13.6. The Morgan fingerprint density at radius 3 is 2.79 bits per heavy atom. The number of anilines is 2. The summed E-state index contributed by atoms with van der Waals surface area (Å²) >= 11 is 0. The molecule has 0 atom stereocenters. The maximum atomic E-state index is 8.93. The maximum absolute atomic E-state index is 8.93. The Kier molecular flexibility index (Phi) is 4.56. The number of nitrogens with zero attached hydrogens (tertiary/aromatic N) is 4. The van der Waals surface area contributed by atoms with Gasteiger partial charge in [-0.2, -0.15) is 5.26 Å². The van der Waals surface area contributed by atoms with E-state index in [1.165, 1.54) is 0 Å². The number of hydrogen-bond donors (Lipinski definition) is 1. The van der Waals surface area contributed by atoms with Gasteiger partial charge >= 0.3 is 0 Å². The van der Waals surface area contributed by atoms with Crippen LogP contribution in [0.1, 0.15) is 32.0 Å². The highest BCUT2D eigenvalue weighted by molar-refractivity contribution is 5.49. The molecule has 5 heteroatoms. The monoisotopic (exact) mass is 259 g/mol. The van der Waals surface area contributed by atoms with Gasteiger partial charge in [0, 0.05) is 31.6 Å². The van der Waals surface area contributed by atoms with E-state index in [0.717, 1.165) is 56.4 Å². The van der Waals surface area contributed by atoms with Crippen molar-refractivity contribution in [2.75, 3.05) is 29.9 Å². The summed E-state index contributed by atoms with van der Waals surface area (Å²) < 4.78 is 0. The van der Waals surface area contributed by atoms with E-state index >= 15 is 0 Å². The second kappa shape index (κ2) is 6.37. The van der Waals surface area contributed by atoms with Crippen molar-refractivity contribution in [2.24, 2.45) is 5.92 Å². The summed E-state index contributed by atoms with van der Waals surface area (Å²) in [6.07, 6.45) is 2.93. The Morgan fingerprint density at radius 1 is 1.42 bits per heavy atom. The predicted molar refractivity (Wildman–Crippen MR) is 76.1 cm³/mol. The highest BCUT2D eigenvalue weighted by atomic mass is 15.2. The molecule has 1 aliphatic rings. The van der Waals surface area contributed by atoms with Crippen LogP contribution in [0, 0.1) is 24.2 Å². The average Bonchev–Trinajstić information content (AvgIpc) is 2.44. The Hall–Kier alpha value is -1.83. The van der Waals surface area contributed by atoms with Crippen molar-refractivity contribution in [1.29, 1.82) is 5.26 Å². The van der Waals surface area contributed by atoms with Crippen molar-refractivity contribution in [2.45, 2.75) is 33.1 Å². The molecule has 1 fully saturated rings. The molecule has 19 heavy (non-hydrogen) atoms. The first-order valence-electron chi connectivity index (χ1n) is 6.97. The van der Waals surface area contributed by atoms with Gasteiger partial charge in [0.1, 0.15) is 17.5 Å². The lowest BCUT2D eigenvalue weighted by atomic mass is 9.99. The van der Waals surface area contributed by atoms with Gasteiger partial charge in [0.15, 0.2) is 0 Å². The molecule has 5 nitrogen and oxygen atoms in total. The molecule has 2 heterocycles. The van der Waals surface area contributed by atoms with Crippen LogP contribution in [0.5, 0.6) is 0 Å². The minimum absolute atomic E-state index is 0.205. The molecule has 1 aromatic heterocycles. The van der Waals surface area contributed by atoms with Crippen molar-refractivity contribution < 1.29 is 0 Å². The van der Waals surface area contributed by atoms with Crippen LogP contribution in [-0.4, -0.2) is 29.6 Å². The average molecular weight is 259 g/mol. The second-order valence-electron chi connectivity index (χ2n) is 4.98. The second-order valence-corrected chi connectivity index (χ2v) is 4.98. The van der Waals surface area contributed by atoms with Crippen LogP contribution in [0.15, 0.2) is 6.07 Å². The largest absolute Gasteiger partial charge is 0.370 e. The van der Waals surface area contributed by atoms with E-state index in [0.29, 0.717) is 0 Å². The van der Waals surface area contributed by atoms with E-state index < -0.39 is 0 Å². The Labute approximate surface area is 114 Å². The molecule has 0 aromatic carbocycles. The summed E-state index contributed by atoms with van der Waals surface area (Å²) in [4.78, 5) is 11.2. The number of nitrogens with one attached hydrogen (secondary N) is 1. The molecule has 0 unspecified atom stereocenters. The fraction of sp³-hybridized carbons (Fsp3) is 0.643. The molecule has 0 saturated carbocycles. The Bertz CT molecular complexity index is 457. The van der Waals surface area contributed by atoms with Crippen LogP contribution in [-0.2, 0) is 0 Å². The molecule has 1 aliphatic heterocycles. The fourth-order valence-corrected chi connectivity index (χ4v) is 2.30. The highest BCUT2D eigenvalue weighted by Crippen LogP contribution is 2.23. The first-order chi connectivity index (χ1) is 9.22. The third-order valence-electron chi connectivity index (χ3n) is 3.38. The number of aryl methyl sites for hydroxylation is 1. The molecule has 0 aliphatic carbocycles. The van der Waals surface area contributed by atoms with Gasteiger partial charge in [0.2, 0.25) is 0 Å². The zero-order valence-corrected chi connectivity index (χ0v) is 11.7. The molecule has 1 saturated heterocycles. The number of hydrogen-bond acceptors (Lipinski definition) is 5. The third kappa shape index (κ3) is 3.57. The number of piperidine rings is 1. The van der Waals surface area contributed by atoms with Crippen LogP contribution in [0.3, 0.4) is 0 Å². The summed E-state index contributed by atoms with van der Waals surface area (Å²) in [5.41, 5.74) is 0. The van der Waals surface area contributed by atoms with E-state index in [-0.39, 0.29) is 5.92 Å². The van der Waals surface area contributed by atoms with Crippen LogP contribution in [0.25, 0.3) is 0 Å². The van der Waals surface area contributed by atoms with Crippen LogP contribution in [0.2, 0.25) is 0 Å². The fourth-order valence-electron chi connectivity index (χ4n) is 2.30. The molecule has 1 N–H and O–H groups in total. The van der Waals surface area contributed by atoms with Gasteiger partial charge in [-0.15, -0.1) is 0 Å². The minimum atomic E-state index is 0.205. The first-order valence-corrected chi connectivity index (χ1v) is 6.97. The highest BCUT2D eigenvalue weighted by Gasteiger charge is 2.20. The van der Waals surface area contributed by atoms with Crippen LogP contribution in [0.4, 0.5) is 11.6 Å². The summed E-state index contributed by atoms with van der Waals surface area (Å²) in [5.74, 6) is 2.87. The SMILES string of the molecule is CCCNc1cc(N2CCC(C#N)CC2)nc(C)n1. The molecule has 2 rings (SSSR count). The maximum Gasteiger partial charge on any atom is 0.134 e. The smallest absolute Gasteiger partial charge is 0.134 e. The standard InChI is InChI=1S/C14H21N5/c1-3-6-16-13-9-14(18-11(2)17-13)19-7-4-12(10-15)5-8-19/h9,12H,3-8H2,1-2H3,(H,16,17,18). The van der Waals surface area contributed by atoms with Crippen molar-refractivity contribution in [3.63, 3.8) is 0 Å². The lowest BCUT2D eigenvalue weighted by molar-refractivity contribution is 0.485. The normalized spacial score (nSPS) is 16.2. The third-order valence-corrected chi connectivity index (χ3v) is 3.38. The van der Waals surface area contributed by atoms with E-state index in [4.69, 9.17) is 5.26 Å². The van der Waals surface area contributed by atoms with E-state index in [2.05, 4.69) is 33.2 Å². The molecular formula is C14H21N5. The molecule has 102 valence electrons. The van der Waals surface area contributed by atoms with E-state index in [1.54, 1.807) is 0 Å². The van der Waals surface area contributed by atoms with Crippen molar-refractivity contribution in [1.82, 2.24) is 9.97 Å². The Balaban J connectivity index is 2.07. The van der Waals surface area contributed by atoms with E-state index in [9.17, 15) is 0 Å². The molecule has 0 bridgehead atoms. The van der Waals surface area contributed by atoms with Gasteiger partial charge in [-0.25, -0.2) is 9.97 Å². The molecular weight excluding hydrogens is 238 g/mol. The Morgan fingerprint density at radius 2 is 2.16 bits per heavy atom. The van der Waals surface area contributed by atoms with Crippen molar-refractivity contribution in [3.8, 4) is 6.07 Å². The summed E-state index contributed by atoms with van der Waals surface area (Å²) in [7, 11) is 0. The summed E-state index contributed by atoms with van der Waals surface area (Å²) in [5, 5.41) is 12.2. The van der Waals surface area contributed by atoms with Gasteiger partial charge in [0.05, 0.1) is 6.07 Å². The number of nitriles is 1. The van der Waals surface area contributed by atoms with Crippen molar-refractivity contribution >= 4 is 11.6 Å². The number of rotatable bonds is 4. The lowest BCUT2D eigenvalue weighted by Crippen LogP contribution is -2.34. The van der Waals surface area contributed by atoms with Crippen molar-refractivity contribution in [3.05, 3.63) is 11.9 Å². The van der Waals surface area contributed by atoms with Gasteiger partial charge in [-0.3, -0.25) is 0 Å². The van der Waals surface area contributed by atoms with Gasteiger partial charge in [0.25, 0.3) is 0 Å². The molecule has 0 amide bonds.